The molecule has 3 N–H and O–H groups in total. The van der Waals surface area contributed by atoms with Gasteiger partial charge in [-0.3, -0.25) is 0 Å². The third-order valence-electron chi connectivity index (χ3n) is 3.66. The molecule has 1 saturated heterocycles. The molecule has 0 atom stereocenters. The first kappa shape index (κ1) is 13.1. The number of benzene rings is 1. The van der Waals surface area contributed by atoms with Gasteiger partial charge in [0.15, 0.2) is 0 Å². The van der Waals surface area contributed by atoms with Gasteiger partial charge in [0.25, 0.3) is 0 Å². The van der Waals surface area contributed by atoms with Gasteiger partial charge in [-0.05, 0) is 49.5 Å². The Morgan fingerprint density at radius 1 is 1.28 bits per heavy atom. The topological polar surface area (TPSA) is 66.6 Å². The average molecular weight is 248 g/mol. The van der Waals surface area contributed by atoms with Gasteiger partial charge in [0, 0.05) is 13.1 Å². The molecule has 0 bridgehead atoms. The average Bonchev–Trinajstić information content (AvgIpc) is 2.40. The largest absolute Gasteiger partial charge is 0.478 e. The van der Waals surface area contributed by atoms with E-state index in [1.165, 1.54) is 5.56 Å². The summed E-state index contributed by atoms with van der Waals surface area (Å²) < 4.78 is 0. The summed E-state index contributed by atoms with van der Waals surface area (Å²) in [6, 6.07) is 7.30. The van der Waals surface area contributed by atoms with Gasteiger partial charge >= 0.3 is 5.97 Å². The highest BCUT2D eigenvalue weighted by molar-refractivity contribution is 5.87. The molecule has 2 rings (SSSR count). The number of carbonyl (C=O) groups is 1. The van der Waals surface area contributed by atoms with Crippen molar-refractivity contribution in [2.24, 2.45) is 5.73 Å². The molecule has 1 heterocycles. The highest BCUT2D eigenvalue weighted by atomic mass is 16.4. The number of carboxylic acids is 1. The van der Waals surface area contributed by atoms with Crippen molar-refractivity contribution in [3.63, 3.8) is 0 Å². The van der Waals surface area contributed by atoms with E-state index in [-0.39, 0.29) is 0 Å². The lowest BCUT2D eigenvalue weighted by Crippen LogP contribution is -2.36. The van der Waals surface area contributed by atoms with Gasteiger partial charge in [-0.1, -0.05) is 12.1 Å². The monoisotopic (exact) mass is 248 g/mol. The molecule has 1 aliphatic heterocycles. The molecule has 0 saturated carbocycles. The van der Waals surface area contributed by atoms with E-state index in [1.54, 1.807) is 12.1 Å². The van der Waals surface area contributed by atoms with E-state index >= 15 is 0 Å². The second-order valence-electron chi connectivity index (χ2n) is 4.83. The van der Waals surface area contributed by atoms with Crippen molar-refractivity contribution < 1.29 is 9.90 Å². The van der Waals surface area contributed by atoms with Crippen molar-refractivity contribution in [3.05, 3.63) is 35.4 Å². The number of aromatic carboxylic acids is 1. The van der Waals surface area contributed by atoms with Crippen LogP contribution in [0, 0.1) is 0 Å². The van der Waals surface area contributed by atoms with Crippen molar-refractivity contribution in [2.45, 2.75) is 18.8 Å². The van der Waals surface area contributed by atoms with E-state index in [2.05, 4.69) is 4.90 Å². The minimum Gasteiger partial charge on any atom is -0.478 e. The fourth-order valence-electron chi connectivity index (χ4n) is 2.57. The SMILES string of the molecule is NCCN1CCC(c2ccc(C(=O)O)cc2)CC1. The molecule has 1 aromatic rings. The van der Waals surface area contributed by atoms with Gasteiger partial charge in [0.2, 0.25) is 0 Å². The summed E-state index contributed by atoms with van der Waals surface area (Å²) in [6.45, 7) is 3.87. The number of nitrogens with two attached hydrogens (primary N) is 1. The Labute approximate surface area is 107 Å². The predicted octanol–water partition coefficient (Wildman–Crippen LogP) is 1.52. The van der Waals surface area contributed by atoms with Crippen molar-refractivity contribution in [1.29, 1.82) is 0 Å². The molecule has 98 valence electrons. The van der Waals surface area contributed by atoms with Crippen LogP contribution in [0.2, 0.25) is 0 Å². The van der Waals surface area contributed by atoms with Crippen LogP contribution < -0.4 is 5.73 Å². The summed E-state index contributed by atoms with van der Waals surface area (Å²) in [6.07, 6.45) is 2.26. The molecular formula is C14H20N2O2. The van der Waals surface area contributed by atoms with Crippen molar-refractivity contribution in [3.8, 4) is 0 Å². The number of hydrogen-bond acceptors (Lipinski definition) is 3. The quantitative estimate of drug-likeness (QED) is 0.848. The van der Waals surface area contributed by atoms with Crippen molar-refractivity contribution in [1.82, 2.24) is 4.90 Å². The third-order valence-corrected chi connectivity index (χ3v) is 3.66. The van der Waals surface area contributed by atoms with Crippen molar-refractivity contribution in [2.75, 3.05) is 26.2 Å². The lowest BCUT2D eigenvalue weighted by molar-refractivity contribution is 0.0697. The number of nitrogens with zero attached hydrogens (tertiary/aromatic N) is 1. The maximum atomic E-state index is 10.8. The molecule has 1 aromatic carbocycles. The molecule has 0 amide bonds. The molecule has 1 fully saturated rings. The van der Waals surface area contributed by atoms with Crippen molar-refractivity contribution >= 4 is 5.97 Å². The van der Waals surface area contributed by atoms with Gasteiger partial charge in [0.1, 0.15) is 0 Å². The highest BCUT2D eigenvalue weighted by Crippen LogP contribution is 2.27. The Balaban J connectivity index is 1.95. The van der Waals surface area contributed by atoms with Crippen LogP contribution in [0.5, 0.6) is 0 Å². The maximum absolute atomic E-state index is 10.8. The summed E-state index contributed by atoms with van der Waals surface area (Å²) in [4.78, 5) is 13.2. The first-order chi connectivity index (χ1) is 8.70. The Morgan fingerprint density at radius 3 is 2.39 bits per heavy atom. The van der Waals surface area contributed by atoms with Crippen LogP contribution in [0.3, 0.4) is 0 Å². The molecule has 0 aromatic heterocycles. The fourth-order valence-corrected chi connectivity index (χ4v) is 2.57. The summed E-state index contributed by atoms with van der Waals surface area (Å²) in [5, 5.41) is 8.86. The molecule has 4 heteroatoms. The summed E-state index contributed by atoms with van der Waals surface area (Å²) in [7, 11) is 0. The molecule has 18 heavy (non-hydrogen) atoms. The Bertz CT molecular complexity index is 395. The summed E-state index contributed by atoms with van der Waals surface area (Å²) in [5.41, 5.74) is 7.17. The molecule has 4 nitrogen and oxygen atoms in total. The number of rotatable bonds is 4. The minimum absolute atomic E-state index is 0.360. The Hall–Kier alpha value is -1.39. The molecule has 0 aliphatic carbocycles. The second kappa shape index (κ2) is 5.98. The smallest absolute Gasteiger partial charge is 0.335 e. The van der Waals surface area contributed by atoms with Crippen LogP contribution in [0.15, 0.2) is 24.3 Å². The molecule has 0 spiro atoms. The summed E-state index contributed by atoms with van der Waals surface area (Å²) in [5.74, 6) is -0.304. The van der Waals surface area contributed by atoms with Gasteiger partial charge in [-0.15, -0.1) is 0 Å². The van der Waals surface area contributed by atoms with Gasteiger partial charge in [-0.25, -0.2) is 4.79 Å². The Morgan fingerprint density at radius 2 is 1.89 bits per heavy atom. The van der Waals surface area contributed by atoms with Crippen LogP contribution in [-0.4, -0.2) is 42.2 Å². The molecule has 0 radical (unpaired) electrons. The standard InChI is InChI=1S/C14H20N2O2/c15-7-10-16-8-5-12(6-9-16)11-1-3-13(4-2-11)14(17)18/h1-4,12H,5-10,15H2,(H,17,18). The lowest BCUT2D eigenvalue weighted by atomic mass is 9.89. The zero-order chi connectivity index (χ0) is 13.0. The minimum atomic E-state index is -0.862. The first-order valence-electron chi connectivity index (χ1n) is 6.46. The van der Waals surface area contributed by atoms with Gasteiger partial charge < -0.3 is 15.7 Å². The van der Waals surface area contributed by atoms with Crippen LogP contribution >= 0.6 is 0 Å². The van der Waals surface area contributed by atoms with E-state index in [0.29, 0.717) is 11.5 Å². The van der Waals surface area contributed by atoms with Gasteiger partial charge in [-0.2, -0.15) is 0 Å². The number of piperidine rings is 1. The fraction of sp³-hybridized carbons (Fsp3) is 0.500. The molecule has 1 aliphatic rings. The maximum Gasteiger partial charge on any atom is 0.335 e. The number of hydrogen-bond donors (Lipinski definition) is 2. The normalized spacial score (nSPS) is 17.8. The van der Waals surface area contributed by atoms with Crippen LogP contribution in [0.4, 0.5) is 0 Å². The van der Waals surface area contributed by atoms with E-state index in [0.717, 1.165) is 39.0 Å². The van der Waals surface area contributed by atoms with Crippen LogP contribution in [0.1, 0.15) is 34.7 Å². The molecular weight excluding hydrogens is 228 g/mol. The molecule has 0 unspecified atom stereocenters. The van der Waals surface area contributed by atoms with E-state index in [4.69, 9.17) is 10.8 Å². The van der Waals surface area contributed by atoms with E-state index in [1.807, 2.05) is 12.1 Å². The van der Waals surface area contributed by atoms with Gasteiger partial charge in [0.05, 0.1) is 5.56 Å². The summed E-state index contributed by atoms with van der Waals surface area (Å²) >= 11 is 0. The number of likely N-dealkylation sites (tertiary alicyclic amines) is 1. The zero-order valence-electron chi connectivity index (χ0n) is 10.5. The highest BCUT2D eigenvalue weighted by Gasteiger charge is 2.20. The predicted molar refractivity (Wildman–Crippen MR) is 70.9 cm³/mol. The zero-order valence-corrected chi connectivity index (χ0v) is 10.5. The van der Waals surface area contributed by atoms with Crippen LogP contribution in [-0.2, 0) is 0 Å². The van der Waals surface area contributed by atoms with Crippen LogP contribution in [0.25, 0.3) is 0 Å². The van der Waals surface area contributed by atoms with E-state index < -0.39 is 5.97 Å². The third kappa shape index (κ3) is 3.09. The lowest BCUT2D eigenvalue weighted by Gasteiger charge is -2.31. The first-order valence-corrected chi connectivity index (χ1v) is 6.46. The Kier molecular flexibility index (Phi) is 4.33. The van der Waals surface area contributed by atoms with E-state index in [9.17, 15) is 4.79 Å². The number of carboxylic acid groups (broad SMARTS) is 1. The second-order valence-corrected chi connectivity index (χ2v) is 4.83.